The van der Waals surface area contributed by atoms with Gasteiger partial charge in [-0.25, -0.2) is 8.78 Å². The molecule has 1 fully saturated rings. The van der Waals surface area contributed by atoms with Crippen molar-refractivity contribution in [2.75, 3.05) is 0 Å². The molecule has 0 saturated heterocycles. The van der Waals surface area contributed by atoms with Crippen LogP contribution in [0.1, 0.15) is 57.1 Å². The highest BCUT2D eigenvalue weighted by atomic mass is 19.2. The molecule has 0 amide bonds. The number of hydrogen-bond acceptors (Lipinski definition) is 0. The molecule has 0 spiro atoms. The average Bonchev–Trinajstić information content (AvgIpc) is 2.66. The summed E-state index contributed by atoms with van der Waals surface area (Å²) in [5, 5.41) is 2.04. The van der Waals surface area contributed by atoms with E-state index in [1.807, 2.05) is 12.1 Å². The zero-order valence-electron chi connectivity index (χ0n) is 14.6. The third-order valence-electron chi connectivity index (χ3n) is 5.56. The fourth-order valence-corrected chi connectivity index (χ4v) is 3.79. The van der Waals surface area contributed by atoms with E-state index in [2.05, 4.69) is 26.0 Å². The SMILES string of the molecule is CCc1ccc2cc(C(F)=C(F)C3CCC(CC)CC3)ccc2c1. The lowest BCUT2D eigenvalue weighted by molar-refractivity contribution is 0.268. The maximum atomic E-state index is 14.7. The van der Waals surface area contributed by atoms with Crippen molar-refractivity contribution >= 4 is 16.6 Å². The summed E-state index contributed by atoms with van der Waals surface area (Å²) in [5.41, 5.74) is 1.62. The van der Waals surface area contributed by atoms with Crippen molar-refractivity contribution in [1.82, 2.24) is 0 Å². The van der Waals surface area contributed by atoms with E-state index in [1.165, 1.54) is 5.56 Å². The van der Waals surface area contributed by atoms with Crippen LogP contribution in [0.5, 0.6) is 0 Å². The predicted molar refractivity (Wildman–Crippen MR) is 98.2 cm³/mol. The summed E-state index contributed by atoms with van der Waals surface area (Å²) in [4.78, 5) is 0. The van der Waals surface area contributed by atoms with Gasteiger partial charge in [-0.05, 0) is 60.4 Å². The van der Waals surface area contributed by atoms with Crippen LogP contribution in [0.25, 0.3) is 16.6 Å². The molecule has 0 aliphatic heterocycles. The van der Waals surface area contributed by atoms with Crippen LogP contribution < -0.4 is 0 Å². The van der Waals surface area contributed by atoms with Crippen LogP contribution >= 0.6 is 0 Å². The predicted octanol–water partition coefficient (Wildman–Crippen LogP) is 7.23. The Morgan fingerprint density at radius 1 is 0.917 bits per heavy atom. The lowest BCUT2D eigenvalue weighted by atomic mass is 9.80. The van der Waals surface area contributed by atoms with Gasteiger partial charge in [0.25, 0.3) is 0 Å². The van der Waals surface area contributed by atoms with Crippen molar-refractivity contribution in [3.63, 3.8) is 0 Å². The number of halogens is 2. The smallest absolute Gasteiger partial charge is 0.162 e. The van der Waals surface area contributed by atoms with Gasteiger partial charge in [-0.3, -0.25) is 0 Å². The van der Waals surface area contributed by atoms with Crippen LogP contribution in [0.3, 0.4) is 0 Å². The molecule has 0 aromatic heterocycles. The van der Waals surface area contributed by atoms with Crippen LogP contribution in [-0.2, 0) is 6.42 Å². The lowest BCUT2D eigenvalue weighted by Crippen LogP contribution is -2.14. The average molecular weight is 328 g/mol. The zero-order valence-corrected chi connectivity index (χ0v) is 14.6. The van der Waals surface area contributed by atoms with Crippen molar-refractivity contribution in [3.05, 3.63) is 53.4 Å². The van der Waals surface area contributed by atoms with Crippen LogP contribution in [0.4, 0.5) is 8.78 Å². The van der Waals surface area contributed by atoms with Gasteiger partial charge >= 0.3 is 0 Å². The summed E-state index contributed by atoms with van der Waals surface area (Å²) in [6.45, 7) is 4.29. The zero-order chi connectivity index (χ0) is 17.1. The Bertz CT molecular complexity index is 737. The first-order valence-electron chi connectivity index (χ1n) is 9.20. The number of rotatable bonds is 4. The first-order chi connectivity index (χ1) is 11.6. The van der Waals surface area contributed by atoms with Crippen molar-refractivity contribution in [2.24, 2.45) is 11.8 Å². The molecule has 0 heterocycles. The Hall–Kier alpha value is -1.70. The molecule has 2 aromatic carbocycles. The first kappa shape index (κ1) is 17.1. The van der Waals surface area contributed by atoms with Gasteiger partial charge in [0.2, 0.25) is 0 Å². The summed E-state index contributed by atoms with van der Waals surface area (Å²) in [5.74, 6) is -0.776. The van der Waals surface area contributed by atoms with Gasteiger partial charge in [-0.2, -0.15) is 0 Å². The Labute approximate surface area is 143 Å². The van der Waals surface area contributed by atoms with Crippen molar-refractivity contribution in [2.45, 2.75) is 52.4 Å². The molecule has 0 unspecified atom stereocenters. The van der Waals surface area contributed by atoms with E-state index < -0.39 is 11.7 Å². The monoisotopic (exact) mass is 328 g/mol. The van der Waals surface area contributed by atoms with E-state index in [0.29, 0.717) is 11.5 Å². The molecule has 0 radical (unpaired) electrons. The maximum Gasteiger partial charge on any atom is 0.162 e. The van der Waals surface area contributed by atoms with Gasteiger partial charge in [0, 0.05) is 11.5 Å². The Kier molecular flexibility index (Phi) is 5.33. The molecular formula is C22H26F2. The van der Waals surface area contributed by atoms with Crippen molar-refractivity contribution < 1.29 is 8.78 Å². The standard InChI is InChI=1S/C22H26F2/c1-3-15-5-8-17(9-6-15)21(23)22(24)20-12-11-18-13-16(4-2)7-10-19(18)14-20/h7,10-15,17H,3-6,8-9H2,1-2H3. The fraction of sp³-hybridized carbons (Fsp3) is 0.455. The van der Waals surface area contributed by atoms with E-state index in [-0.39, 0.29) is 5.92 Å². The Morgan fingerprint density at radius 3 is 2.25 bits per heavy atom. The molecular weight excluding hydrogens is 302 g/mol. The van der Waals surface area contributed by atoms with Crippen molar-refractivity contribution in [1.29, 1.82) is 0 Å². The summed E-state index contributed by atoms with van der Waals surface area (Å²) in [6, 6.07) is 11.5. The highest BCUT2D eigenvalue weighted by molar-refractivity contribution is 5.86. The number of allylic oxidation sites excluding steroid dienone is 1. The second-order valence-electron chi connectivity index (χ2n) is 7.04. The second-order valence-corrected chi connectivity index (χ2v) is 7.04. The number of benzene rings is 2. The van der Waals surface area contributed by atoms with Gasteiger partial charge in [0.1, 0.15) is 5.83 Å². The van der Waals surface area contributed by atoms with Crippen LogP contribution in [0.2, 0.25) is 0 Å². The minimum atomic E-state index is -0.670. The normalized spacial score (nSPS) is 22.5. The summed E-state index contributed by atoms with van der Waals surface area (Å²) in [6.07, 6.45) is 5.68. The molecule has 24 heavy (non-hydrogen) atoms. The fourth-order valence-electron chi connectivity index (χ4n) is 3.79. The molecule has 1 saturated carbocycles. The van der Waals surface area contributed by atoms with E-state index in [0.717, 1.165) is 49.3 Å². The minimum absolute atomic E-state index is 0.244. The van der Waals surface area contributed by atoms with E-state index in [9.17, 15) is 8.78 Å². The summed E-state index contributed by atoms with van der Waals surface area (Å²) in [7, 11) is 0. The number of aryl methyl sites for hydroxylation is 1. The number of hydrogen-bond donors (Lipinski definition) is 0. The van der Waals surface area contributed by atoms with E-state index in [4.69, 9.17) is 0 Å². The molecule has 2 heteroatoms. The molecule has 0 bridgehead atoms. The Morgan fingerprint density at radius 2 is 1.58 bits per heavy atom. The van der Waals surface area contributed by atoms with Crippen LogP contribution in [0, 0.1) is 11.8 Å². The minimum Gasteiger partial charge on any atom is -0.208 e. The topological polar surface area (TPSA) is 0 Å². The molecule has 2 aromatic rings. The third kappa shape index (κ3) is 3.53. The van der Waals surface area contributed by atoms with Gasteiger partial charge < -0.3 is 0 Å². The van der Waals surface area contributed by atoms with E-state index >= 15 is 0 Å². The van der Waals surface area contributed by atoms with Crippen molar-refractivity contribution in [3.8, 4) is 0 Å². The first-order valence-corrected chi connectivity index (χ1v) is 9.20. The van der Waals surface area contributed by atoms with E-state index in [1.54, 1.807) is 12.1 Å². The lowest BCUT2D eigenvalue weighted by Gasteiger charge is -2.26. The molecule has 1 aliphatic carbocycles. The van der Waals surface area contributed by atoms with Gasteiger partial charge in [0.05, 0.1) is 0 Å². The molecule has 0 N–H and O–H groups in total. The summed E-state index contributed by atoms with van der Waals surface area (Å²) < 4.78 is 29.3. The molecule has 128 valence electrons. The third-order valence-corrected chi connectivity index (χ3v) is 5.56. The highest BCUT2D eigenvalue weighted by Crippen LogP contribution is 2.38. The summed E-state index contributed by atoms with van der Waals surface area (Å²) >= 11 is 0. The largest absolute Gasteiger partial charge is 0.208 e. The molecule has 0 atom stereocenters. The molecule has 0 nitrogen and oxygen atoms in total. The maximum absolute atomic E-state index is 14.7. The highest BCUT2D eigenvalue weighted by Gasteiger charge is 2.26. The van der Waals surface area contributed by atoms with Gasteiger partial charge in [-0.1, -0.05) is 50.6 Å². The molecule has 3 rings (SSSR count). The number of fused-ring (bicyclic) bond motifs is 1. The van der Waals surface area contributed by atoms with Crippen LogP contribution in [0.15, 0.2) is 42.2 Å². The van der Waals surface area contributed by atoms with Crippen LogP contribution in [-0.4, -0.2) is 0 Å². The second kappa shape index (κ2) is 7.46. The Balaban J connectivity index is 1.85. The van der Waals surface area contributed by atoms with Gasteiger partial charge in [-0.15, -0.1) is 0 Å². The quantitative estimate of drug-likeness (QED) is 0.555. The van der Waals surface area contributed by atoms with Gasteiger partial charge in [0.15, 0.2) is 5.83 Å². The molecule has 1 aliphatic rings.